The van der Waals surface area contributed by atoms with Gasteiger partial charge >= 0.3 is 11.9 Å². The zero-order valence-corrected chi connectivity index (χ0v) is 22.5. The van der Waals surface area contributed by atoms with Gasteiger partial charge in [0, 0.05) is 7.11 Å². The molecule has 196 valence electrons. The first-order valence-corrected chi connectivity index (χ1v) is 13.1. The van der Waals surface area contributed by atoms with Crippen LogP contribution >= 0.6 is 0 Å². The summed E-state index contributed by atoms with van der Waals surface area (Å²) in [5.74, 6) is -0.235. The molecule has 0 aliphatic rings. The monoisotopic (exact) mass is 472 g/mol. The first kappa shape index (κ1) is 31.9. The third-order valence-corrected chi connectivity index (χ3v) is 6.48. The highest BCUT2D eigenvalue weighted by molar-refractivity contribution is 5.76. The summed E-state index contributed by atoms with van der Waals surface area (Å²) in [6.07, 6.45) is 10.9. The topological polar surface area (TPSA) is 82.1 Å². The minimum atomic E-state index is -0.436. The van der Waals surface area contributed by atoms with Crippen molar-refractivity contribution in [2.45, 2.75) is 131 Å². The number of carbonyl (C=O) groups is 2. The Hall–Kier alpha value is -1.14. The fourth-order valence-corrected chi connectivity index (χ4v) is 4.05. The number of hydrogen-bond acceptors (Lipinski definition) is 6. The maximum absolute atomic E-state index is 11.9. The van der Waals surface area contributed by atoms with Gasteiger partial charge in [-0.3, -0.25) is 9.59 Å². The number of aliphatic hydroxyl groups excluding tert-OH is 1. The number of hydrogen-bond donors (Lipinski definition) is 1. The van der Waals surface area contributed by atoms with Gasteiger partial charge in [-0.15, -0.1) is 0 Å². The second-order valence-corrected chi connectivity index (χ2v) is 10.5. The summed E-state index contributed by atoms with van der Waals surface area (Å²) in [5.41, 5.74) is -0.846. The Labute approximate surface area is 203 Å². The second-order valence-electron chi connectivity index (χ2n) is 10.5. The van der Waals surface area contributed by atoms with Crippen molar-refractivity contribution in [2.24, 2.45) is 10.8 Å². The van der Waals surface area contributed by atoms with Crippen molar-refractivity contribution in [3.05, 3.63) is 0 Å². The molecule has 0 aromatic rings. The van der Waals surface area contributed by atoms with Gasteiger partial charge in [0.2, 0.25) is 0 Å². The van der Waals surface area contributed by atoms with Gasteiger partial charge in [-0.05, 0) is 67.2 Å². The van der Waals surface area contributed by atoms with Gasteiger partial charge < -0.3 is 19.3 Å². The van der Waals surface area contributed by atoms with E-state index in [0.29, 0.717) is 13.2 Å². The van der Waals surface area contributed by atoms with Crippen molar-refractivity contribution in [3.8, 4) is 0 Å². The summed E-state index contributed by atoms with van der Waals surface area (Å²) in [7, 11) is 1.67. The van der Waals surface area contributed by atoms with Gasteiger partial charge in [0.05, 0.1) is 36.3 Å². The number of esters is 2. The van der Waals surface area contributed by atoms with Crippen molar-refractivity contribution in [3.63, 3.8) is 0 Å². The quantitative estimate of drug-likeness (QED) is 0.167. The molecule has 33 heavy (non-hydrogen) atoms. The molecule has 0 spiro atoms. The van der Waals surface area contributed by atoms with E-state index >= 15 is 0 Å². The molecular weight excluding hydrogens is 420 g/mol. The summed E-state index contributed by atoms with van der Waals surface area (Å²) >= 11 is 0. The van der Waals surface area contributed by atoms with Gasteiger partial charge in [0.15, 0.2) is 0 Å². The molecule has 0 rings (SSSR count). The minimum absolute atomic E-state index is 0.115. The maximum Gasteiger partial charge on any atom is 0.311 e. The largest absolute Gasteiger partial charge is 0.466 e. The Morgan fingerprint density at radius 1 is 0.697 bits per heavy atom. The highest BCUT2D eigenvalue weighted by Gasteiger charge is 2.29. The average molecular weight is 473 g/mol. The van der Waals surface area contributed by atoms with Crippen LogP contribution in [0.3, 0.4) is 0 Å². The van der Waals surface area contributed by atoms with Crippen LogP contribution in [0.4, 0.5) is 0 Å². The Morgan fingerprint density at radius 3 is 1.48 bits per heavy atom. The van der Waals surface area contributed by atoms with Crippen molar-refractivity contribution in [2.75, 3.05) is 20.3 Å². The van der Waals surface area contributed by atoms with Crippen LogP contribution < -0.4 is 0 Å². The van der Waals surface area contributed by atoms with E-state index in [1.54, 1.807) is 7.11 Å². The van der Waals surface area contributed by atoms with Crippen LogP contribution in [0, 0.1) is 10.8 Å². The lowest BCUT2D eigenvalue weighted by Crippen LogP contribution is -2.28. The number of carbonyl (C=O) groups excluding carboxylic acids is 2. The molecule has 0 bridgehead atoms. The molecule has 2 atom stereocenters. The van der Waals surface area contributed by atoms with Crippen molar-refractivity contribution < 1.29 is 28.9 Å². The number of rotatable bonds is 20. The van der Waals surface area contributed by atoms with E-state index in [0.717, 1.165) is 77.0 Å². The number of ether oxygens (including phenoxy) is 3. The number of methoxy groups -OCH3 is 1. The molecule has 6 nitrogen and oxygen atoms in total. The van der Waals surface area contributed by atoms with Crippen LogP contribution in [0.25, 0.3) is 0 Å². The normalized spacial score (nSPS) is 14.1. The van der Waals surface area contributed by atoms with E-state index in [1.807, 2.05) is 41.5 Å². The highest BCUT2D eigenvalue weighted by Crippen LogP contribution is 2.27. The fourth-order valence-electron chi connectivity index (χ4n) is 4.05. The number of aliphatic hydroxyl groups is 1. The molecule has 6 heteroatoms. The molecule has 0 saturated carbocycles. The zero-order valence-electron chi connectivity index (χ0n) is 22.5. The van der Waals surface area contributed by atoms with Gasteiger partial charge in [-0.2, -0.15) is 0 Å². The Kier molecular flexibility index (Phi) is 16.7. The van der Waals surface area contributed by atoms with Crippen LogP contribution in [0.1, 0.15) is 119 Å². The summed E-state index contributed by atoms with van der Waals surface area (Å²) in [5, 5.41) is 10.5. The molecule has 0 aromatic carbocycles. The summed E-state index contributed by atoms with van der Waals surface area (Å²) < 4.78 is 15.8. The van der Waals surface area contributed by atoms with E-state index in [4.69, 9.17) is 14.2 Å². The zero-order chi connectivity index (χ0) is 25.3. The molecule has 0 amide bonds. The minimum Gasteiger partial charge on any atom is -0.466 e. The van der Waals surface area contributed by atoms with Gasteiger partial charge in [-0.25, -0.2) is 0 Å². The molecule has 0 fully saturated rings. The second kappa shape index (κ2) is 17.3. The van der Waals surface area contributed by atoms with Crippen LogP contribution in [-0.2, 0) is 23.8 Å². The van der Waals surface area contributed by atoms with E-state index in [1.165, 1.54) is 0 Å². The molecule has 1 N–H and O–H groups in total. The Bertz CT molecular complexity index is 529. The van der Waals surface area contributed by atoms with Crippen LogP contribution in [0.2, 0.25) is 0 Å². The molecule has 0 radical (unpaired) electrons. The highest BCUT2D eigenvalue weighted by atomic mass is 16.5. The van der Waals surface area contributed by atoms with Crippen molar-refractivity contribution in [1.29, 1.82) is 0 Å². The van der Waals surface area contributed by atoms with E-state index in [-0.39, 0.29) is 18.0 Å². The van der Waals surface area contributed by atoms with Gasteiger partial charge in [-0.1, -0.05) is 51.4 Å². The lowest BCUT2D eigenvalue weighted by atomic mass is 9.86. The van der Waals surface area contributed by atoms with Crippen LogP contribution in [0.5, 0.6) is 0 Å². The predicted molar refractivity (Wildman–Crippen MR) is 133 cm³/mol. The van der Waals surface area contributed by atoms with E-state index in [9.17, 15) is 14.7 Å². The third-order valence-electron chi connectivity index (χ3n) is 6.48. The van der Waals surface area contributed by atoms with Gasteiger partial charge in [0.25, 0.3) is 0 Å². The van der Waals surface area contributed by atoms with Crippen LogP contribution in [-0.4, -0.2) is 49.6 Å². The SMILES string of the molecule is CCOC(=O)C(C)(C)CCCCCC[C@@H](O)[C@@H](CCCCCCC(C)(C)C(=O)OCC)OC. The Morgan fingerprint density at radius 2 is 1.09 bits per heavy atom. The van der Waals surface area contributed by atoms with Gasteiger partial charge in [0.1, 0.15) is 0 Å². The smallest absolute Gasteiger partial charge is 0.311 e. The molecule has 0 unspecified atom stereocenters. The molecule has 0 aliphatic carbocycles. The molecule has 0 aromatic heterocycles. The molecular formula is C27H52O6. The maximum atomic E-state index is 11.9. The lowest BCUT2D eigenvalue weighted by Gasteiger charge is -2.23. The van der Waals surface area contributed by atoms with E-state index < -0.39 is 16.9 Å². The Balaban J connectivity index is 3.96. The predicted octanol–water partition coefficient (Wildman–Crippen LogP) is 6.22. The molecule has 0 heterocycles. The number of unbranched alkanes of at least 4 members (excludes halogenated alkanes) is 6. The summed E-state index contributed by atoms with van der Waals surface area (Å²) in [4.78, 5) is 23.9. The summed E-state index contributed by atoms with van der Waals surface area (Å²) in [6.45, 7) is 12.3. The first-order valence-electron chi connectivity index (χ1n) is 13.1. The molecule has 0 aliphatic heterocycles. The van der Waals surface area contributed by atoms with Crippen molar-refractivity contribution in [1.82, 2.24) is 0 Å². The standard InChI is InChI=1S/C27H52O6/c1-8-32-24(29)26(3,4)20-16-12-10-14-18-22(28)23(31-7)19-15-11-13-17-21-27(5,6)25(30)33-9-2/h22-23,28H,8-21H2,1-7H3/t22-,23-/m1/s1. The molecule has 0 saturated heterocycles. The van der Waals surface area contributed by atoms with E-state index in [2.05, 4.69) is 0 Å². The average Bonchev–Trinajstić information content (AvgIpc) is 2.75. The third kappa shape index (κ3) is 14.0. The summed E-state index contributed by atoms with van der Waals surface area (Å²) in [6, 6.07) is 0. The first-order chi connectivity index (χ1) is 15.5. The lowest BCUT2D eigenvalue weighted by molar-refractivity contribution is -0.154. The van der Waals surface area contributed by atoms with Crippen molar-refractivity contribution >= 4 is 11.9 Å². The fraction of sp³-hybridized carbons (Fsp3) is 0.926. The van der Waals surface area contributed by atoms with Crippen LogP contribution in [0.15, 0.2) is 0 Å².